The molecule has 0 amide bonds. The van der Waals surface area contributed by atoms with Gasteiger partial charge in [-0.1, -0.05) is 15.9 Å². The minimum absolute atomic E-state index is 0.599. The third-order valence-corrected chi connectivity index (χ3v) is 1.57. The van der Waals surface area contributed by atoms with E-state index in [0.717, 1.165) is 18.2 Å². The van der Waals surface area contributed by atoms with Gasteiger partial charge in [0.1, 0.15) is 6.10 Å². The minimum atomic E-state index is -0.760. The van der Waals surface area contributed by atoms with Crippen LogP contribution in [0, 0.1) is 11.3 Å². The van der Waals surface area contributed by atoms with Gasteiger partial charge in [-0.05, 0) is 19.3 Å². The SMILES string of the molecule is N#C[C@H](O)CCCCBr. The molecule has 0 unspecified atom stereocenters. The highest BCUT2D eigenvalue weighted by atomic mass is 79.9. The van der Waals surface area contributed by atoms with E-state index in [2.05, 4.69) is 15.9 Å². The molecule has 1 atom stereocenters. The molecule has 0 bridgehead atoms. The maximum absolute atomic E-state index is 8.71. The summed E-state index contributed by atoms with van der Waals surface area (Å²) in [6, 6.07) is 1.76. The van der Waals surface area contributed by atoms with Gasteiger partial charge >= 0.3 is 0 Å². The van der Waals surface area contributed by atoms with E-state index >= 15 is 0 Å². The average molecular weight is 192 g/mol. The van der Waals surface area contributed by atoms with Crippen LogP contribution in [0.2, 0.25) is 0 Å². The fraction of sp³-hybridized carbons (Fsp3) is 0.833. The number of rotatable bonds is 4. The summed E-state index contributed by atoms with van der Waals surface area (Å²) in [5.74, 6) is 0. The Morgan fingerprint density at radius 1 is 1.56 bits per heavy atom. The van der Waals surface area contributed by atoms with Crippen LogP contribution in [0.1, 0.15) is 19.3 Å². The van der Waals surface area contributed by atoms with E-state index in [9.17, 15) is 0 Å². The van der Waals surface area contributed by atoms with Crippen molar-refractivity contribution in [2.45, 2.75) is 25.4 Å². The summed E-state index contributed by atoms with van der Waals surface area (Å²) < 4.78 is 0. The second kappa shape index (κ2) is 6.06. The lowest BCUT2D eigenvalue weighted by Gasteiger charge is -1.97. The van der Waals surface area contributed by atoms with Crippen molar-refractivity contribution in [1.82, 2.24) is 0 Å². The zero-order valence-corrected chi connectivity index (χ0v) is 6.76. The number of unbranched alkanes of at least 4 members (excludes halogenated alkanes) is 1. The van der Waals surface area contributed by atoms with Gasteiger partial charge in [0, 0.05) is 5.33 Å². The molecule has 0 fully saturated rings. The van der Waals surface area contributed by atoms with Crippen LogP contribution in [0.4, 0.5) is 0 Å². The zero-order chi connectivity index (χ0) is 7.11. The van der Waals surface area contributed by atoms with E-state index in [1.165, 1.54) is 0 Å². The predicted octanol–water partition coefficient (Wildman–Crippen LogP) is 1.44. The van der Waals surface area contributed by atoms with Crippen LogP contribution < -0.4 is 0 Å². The Hall–Kier alpha value is -0.0700. The highest BCUT2D eigenvalue weighted by Crippen LogP contribution is 2.01. The van der Waals surface area contributed by atoms with Crippen LogP contribution in [-0.2, 0) is 0 Å². The monoisotopic (exact) mass is 191 g/mol. The summed E-state index contributed by atoms with van der Waals surface area (Å²) in [6.45, 7) is 0. The lowest BCUT2D eigenvalue weighted by molar-refractivity contribution is 0.216. The molecule has 0 saturated carbocycles. The normalized spacial score (nSPS) is 12.6. The molecule has 9 heavy (non-hydrogen) atoms. The molecule has 52 valence electrons. The lowest BCUT2D eigenvalue weighted by Crippen LogP contribution is -2.01. The van der Waals surface area contributed by atoms with Gasteiger partial charge in [-0.15, -0.1) is 0 Å². The smallest absolute Gasteiger partial charge is 0.140 e. The summed E-state index contributed by atoms with van der Waals surface area (Å²) in [7, 11) is 0. The number of nitrogens with zero attached hydrogens (tertiary/aromatic N) is 1. The van der Waals surface area contributed by atoms with Crippen molar-refractivity contribution in [2.75, 3.05) is 5.33 Å². The Morgan fingerprint density at radius 2 is 2.22 bits per heavy atom. The third-order valence-electron chi connectivity index (χ3n) is 1.01. The van der Waals surface area contributed by atoms with Crippen LogP contribution in [0.15, 0.2) is 0 Å². The average Bonchev–Trinajstić information content (AvgIpc) is 1.89. The highest BCUT2D eigenvalue weighted by Gasteiger charge is 1.98. The number of aliphatic hydroxyl groups excluding tert-OH is 1. The maximum Gasteiger partial charge on any atom is 0.140 e. The van der Waals surface area contributed by atoms with E-state index in [1.54, 1.807) is 6.07 Å². The third kappa shape index (κ3) is 5.81. The number of nitriles is 1. The summed E-state index contributed by atoms with van der Waals surface area (Å²) in [5, 5.41) is 17.8. The summed E-state index contributed by atoms with van der Waals surface area (Å²) in [5.41, 5.74) is 0. The van der Waals surface area contributed by atoms with Gasteiger partial charge in [0.2, 0.25) is 0 Å². The molecule has 1 N–H and O–H groups in total. The van der Waals surface area contributed by atoms with E-state index < -0.39 is 6.10 Å². The van der Waals surface area contributed by atoms with Gasteiger partial charge in [0.25, 0.3) is 0 Å². The van der Waals surface area contributed by atoms with Crippen molar-refractivity contribution in [3.8, 4) is 6.07 Å². The molecule has 0 aromatic rings. The van der Waals surface area contributed by atoms with Crippen molar-refractivity contribution in [3.63, 3.8) is 0 Å². The first-order chi connectivity index (χ1) is 4.31. The van der Waals surface area contributed by atoms with E-state index in [-0.39, 0.29) is 0 Å². The minimum Gasteiger partial charge on any atom is -0.378 e. The van der Waals surface area contributed by atoms with Crippen LogP contribution >= 0.6 is 15.9 Å². The standard InChI is InChI=1S/C6H10BrNO/c7-4-2-1-3-6(9)5-8/h6,9H,1-4H2/t6-/m1/s1. The van der Waals surface area contributed by atoms with E-state index in [0.29, 0.717) is 6.42 Å². The summed E-state index contributed by atoms with van der Waals surface area (Å²) in [4.78, 5) is 0. The number of alkyl halides is 1. The fourth-order valence-corrected chi connectivity index (χ4v) is 0.893. The number of aliphatic hydroxyl groups is 1. The van der Waals surface area contributed by atoms with Crippen molar-refractivity contribution >= 4 is 15.9 Å². The molecule has 0 aromatic carbocycles. The number of hydrogen-bond acceptors (Lipinski definition) is 2. The Balaban J connectivity index is 2.99. The van der Waals surface area contributed by atoms with Crippen LogP contribution in [-0.4, -0.2) is 16.5 Å². The van der Waals surface area contributed by atoms with Gasteiger partial charge in [-0.3, -0.25) is 0 Å². The number of hydrogen-bond donors (Lipinski definition) is 1. The van der Waals surface area contributed by atoms with Gasteiger partial charge in [-0.25, -0.2) is 0 Å². The molecule has 0 aromatic heterocycles. The summed E-state index contributed by atoms with van der Waals surface area (Å²) >= 11 is 3.26. The Morgan fingerprint density at radius 3 is 2.67 bits per heavy atom. The van der Waals surface area contributed by atoms with Gasteiger partial charge < -0.3 is 5.11 Å². The zero-order valence-electron chi connectivity index (χ0n) is 5.18. The van der Waals surface area contributed by atoms with Gasteiger partial charge in [-0.2, -0.15) is 5.26 Å². The molecule has 3 heteroatoms. The van der Waals surface area contributed by atoms with Crippen LogP contribution in [0.5, 0.6) is 0 Å². The fourth-order valence-electron chi connectivity index (χ4n) is 0.497. The van der Waals surface area contributed by atoms with E-state index in [1.807, 2.05) is 0 Å². The second-order valence-electron chi connectivity index (χ2n) is 1.83. The van der Waals surface area contributed by atoms with Crippen molar-refractivity contribution in [2.24, 2.45) is 0 Å². The molecule has 0 heterocycles. The van der Waals surface area contributed by atoms with Gasteiger partial charge in [0.15, 0.2) is 0 Å². The lowest BCUT2D eigenvalue weighted by atomic mass is 10.2. The molecular formula is C6H10BrNO. The van der Waals surface area contributed by atoms with Gasteiger partial charge in [0.05, 0.1) is 6.07 Å². The number of halogens is 1. The molecule has 0 spiro atoms. The second-order valence-corrected chi connectivity index (χ2v) is 2.62. The molecule has 0 rings (SSSR count). The van der Waals surface area contributed by atoms with Crippen LogP contribution in [0.3, 0.4) is 0 Å². The Labute approximate surface area is 63.6 Å². The quantitative estimate of drug-likeness (QED) is 0.416. The van der Waals surface area contributed by atoms with E-state index in [4.69, 9.17) is 10.4 Å². The maximum atomic E-state index is 8.71. The largest absolute Gasteiger partial charge is 0.378 e. The van der Waals surface area contributed by atoms with Crippen molar-refractivity contribution < 1.29 is 5.11 Å². The Kier molecular flexibility index (Phi) is 6.01. The molecule has 0 aliphatic rings. The Bertz CT molecular complexity index is 99.7. The summed E-state index contributed by atoms with van der Waals surface area (Å²) in [6.07, 6.45) is 1.78. The molecule has 0 radical (unpaired) electrons. The first-order valence-corrected chi connectivity index (χ1v) is 4.07. The molecule has 2 nitrogen and oxygen atoms in total. The molecule has 0 aliphatic heterocycles. The highest BCUT2D eigenvalue weighted by molar-refractivity contribution is 9.09. The van der Waals surface area contributed by atoms with Crippen molar-refractivity contribution in [3.05, 3.63) is 0 Å². The first kappa shape index (κ1) is 8.93. The molecule has 0 saturated heterocycles. The van der Waals surface area contributed by atoms with Crippen LogP contribution in [0.25, 0.3) is 0 Å². The first-order valence-electron chi connectivity index (χ1n) is 2.95. The predicted molar refractivity (Wildman–Crippen MR) is 39.3 cm³/mol. The topological polar surface area (TPSA) is 44.0 Å². The molecule has 0 aliphatic carbocycles. The van der Waals surface area contributed by atoms with Crippen molar-refractivity contribution in [1.29, 1.82) is 5.26 Å². The molecular weight excluding hydrogens is 182 g/mol.